The van der Waals surface area contributed by atoms with E-state index in [0.29, 0.717) is 16.8 Å². The molecule has 0 saturated carbocycles. The lowest BCUT2D eigenvalue weighted by Crippen LogP contribution is -2.62. The number of carbonyl (C=O) groups is 1. The molecule has 0 bridgehead atoms. The molecule has 1 unspecified atom stereocenters. The van der Waals surface area contributed by atoms with Gasteiger partial charge in [0.25, 0.3) is 5.60 Å². The number of alkyl halides is 6. The maximum atomic E-state index is 13.6. The van der Waals surface area contributed by atoms with Crippen LogP contribution in [0.5, 0.6) is 0 Å². The Morgan fingerprint density at radius 2 is 1.68 bits per heavy atom. The third-order valence-corrected chi connectivity index (χ3v) is 6.30. The highest BCUT2D eigenvalue weighted by Crippen LogP contribution is 2.49. The molecule has 1 atom stereocenters. The van der Waals surface area contributed by atoms with E-state index in [2.05, 4.69) is 10.1 Å². The van der Waals surface area contributed by atoms with Crippen molar-refractivity contribution in [2.24, 2.45) is 5.10 Å². The van der Waals surface area contributed by atoms with Crippen LogP contribution in [0.25, 0.3) is 11.3 Å². The Bertz CT molecular complexity index is 1340. The van der Waals surface area contributed by atoms with Crippen LogP contribution in [0.4, 0.5) is 32.0 Å². The van der Waals surface area contributed by atoms with Crippen LogP contribution < -0.4 is 5.01 Å². The van der Waals surface area contributed by atoms with E-state index in [1.54, 1.807) is 24.3 Å². The first-order valence-electron chi connectivity index (χ1n) is 10.8. The Kier molecular flexibility index (Phi) is 6.80. The molecule has 0 spiro atoms. The van der Waals surface area contributed by atoms with Crippen LogP contribution in [0, 0.1) is 0 Å². The molecule has 0 fully saturated rings. The van der Waals surface area contributed by atoms with E-state index < -0.39 is 36.1 Å². The molecule has 4 rings (SSSR count). The van der Waals surface area contributed by atoms with E-state index in [0.717, 1.165) is 5.01 Å². The fraction of sp³-hybridized carbons (Fsp3) is 0.240. The minimum Gasteiger partial charge on any atom is -0.369 e. The number of hydrazone groups is 1. The molecule has 2 aromatic carbocycles. The number of hydrogen-bond donors (Lipinski definition) is 1. The van der Waals surface area contributed by atoms with Crippen LogP contribution in [-0.2, 0) is 0 Å². The van der Waals surface area contributed by atoms with E-state index >= 15 is 0 Å². The van der Waals surface area contributed by atoms with Gasteiger partial charge in [-0.05, 0) is 36.8 Å². The molecule has 0 aliphatic carbocycles. The summed E-state index contributed by atoms with van der Waals surface area (Å²) < 4.78 is 81.5. The first kappa shape index (κ1) is 26.6. The van der Waals surface area contributed by atoms with E-state index in [1.807, 2.05) is 0 Å². The molecular weight excluding hydrogens is 524 g/mol. The molecule has 1 N–H and O–H groups in total. The van der Waals surface area contributed by atoms with Gasteiger partial charge in [-0.25, -0.2) is 0 Å². The Labute approximate surface area is 212 Å². The first-order valence-corrected chi connectivity index (χ1v) is 11.2. The second-order valence-electron chi connectivity index (χ2n) is 8.38. The van der Waals surface area contributed by atoms with Crippen LogP contribution in [0.15, 0.2) is 72.0 Å². The molecule has 0 radical (unpaired) electrons. The zero-order chi connectivity index (χ0) is 27.2. The minimum atomic E-state index is -6.07. The van der Waals surface area contributed by atoms with Gasteiger partial charge in [0.15, 0.2) is 5.78 Å². The average molecular weight is 542 g/mol. The van der Waals surface area contributed by atoms with Crippen molar-refractivity contribution in [2.75, 3.05) is 5.01 Å². The van der Waals surface area contributed by atoms with Gasteiger partial charge in [0.2, 0.25) is 0 Å². The van der Waals surface area contributed by atoms with Crippen molar-refractivity contribution >= 4 is 28.8 Å². The summed E-state index contributed by atoms with van der Waals surface area (Å²) in [5.74, 6) is -0.161. The average Bonchev–Trinajstić information content (AvgIpc) is 3.28. The first-order chi connectivity index (χ1) is 17.2. The Balaban J connectivity index is 1.77. The van der Waals surface area contributed by atoms with Crippen LogP contribution in [0.1, 0.15) is 35.3 Å². The van der Waals surface area contributed by atoms with Gasteiger partial charge >= 0.3 is 12.4 Å². The van der Waals surface area contributed by atoms with Crippen LogP contribution in [0.3, 0.4) is 0 Å². The topological polar surface area (TPSA) is 65.8 Å². The van der Waals surface area contributed by atoms with Gasteiger partial charge in [-0.3, -0.25) is 14.8 Å². The highest BCUT2D eigenvalue weighted by atomic mass is 35.5. The Morgan fingerprint density at radius 1 is 1.00 bits per heavy atom. The Morgan fingerprint density at radius 3 is 2.24 bits per heavy atom. The number of hydrogen-bond acceptors (Lipinski definition) is 5. The van der Waals surface area contributed by atoms with Crippen molar-refractivity contribution in [2.45, 2.75) is 37.3 Å². The number of aliphatic hydroxyl groups is 1. The standard InChI is InChI=1S/C25H18ClF6N3O2/c1-14(36)15-5-4-6-16(11-15)19-10-9-17(13-33-19)21-12-22(23(37,24(27,28)29)25(30,31)32)34-35(21)20-8-3-2-7-18(20)26/h2-11,13,21,37H,12H2,1H3. The molecule has 1 aromatic heterocycles. The number of rotatable bonds is 5. The third-order valence-electron chi connectivity index (χ3n) is 5.98. The molecule has 1 aliphatic rings. The predicted molar refractivity (Wildman–Crippen MR) is 125 cm³/mol. The third kappa shape index (κ3) is 4.80. The molecule has 3 aromatic rings. The van der Waals surface area contributed by atoms with Gasteiger partial charge in [-0.2, -0.15) is 31.4 Å². The van der Waals surface area contributed by atoms with E-state index in [-0.39, 0.29) is 22.1 Å². The summed E-state index contributed by atoms with van der Waals surface area (Å²) in [5.41, 5.74) is -4.93. The number of aromatic nitrogens is 1. The molecule has 5 nitrogen and oxygen atoms in total. The van der Waals surface area contributed by atoms with Crippen molar-refractivity contribution in [3.05, 3.63) is 83.0 Å². The minimum absolute atomic E-state index is 0.0330. The molecule has 12 heteroatoms. The van der Waals surface area contributed by atoms with Crippen molar-refractivity contribution in [3.8, 4) is 11.3 Å². The normalized spacial score (nSPS) is 16.6. The second-order valence-corrected chi connectivity index (χ2v) is 8.79. The van der Waals surface area contributed by atoms with E-state index in [4.69, 9.17) is 11.6 Å². The van der Waals surface area contributed by atoms with E-state index in [9.17, 15) is 36.2 Å². The number of benzene rings is 2. The number of halogens is 7. The van der Waals surface area contributed by atoms with Crippen molar-refractivity contribution in [1.82, 2.24) is 4.98 Å². The van der Waals surface area contributed by atoms with E-state index in [1.165, 1.54) is 49.5 Å². The molecule has 194 valence electrons. The summed E-state index contributed by atoms with van der Waals surface area (Å²) in [6.45, 7) is 1.40. The molecule has 1 aliphatic heterocycles. The molecule has 0 saturated heterocycles. The van der Waals surface area contributed by atoms with Gasteiger partial charge in [-0.15, -0.1) is 0 Å². The number of pyridine rings is 1. The van der Waals surface area contributed by atoms with Gasteiger partial charge in [0.05, 0.1) is 28.2 Å². The summed E-state index contributed by atoms with van der Waals surface area (Å²) >= 11 is 6.18. The van der Waals surface area contributed by atoms with Gasteiger partial charge in [0, 0.05) is 23.7 Å². The second kappa shape index (κ2) is 9.46. The fourth-order valence-corrected chi connectivity index (χ4v) is 4.23. The summed E-state index contributed by atoms with van der Waals surface area (Å²) in [7, 11) is 0. The van der Waals surface area contributed by atoms with Crippen molar-refractivity contribution in [1.29, 1.82) is 0 Å². The summed E-state index contributed by atoms with van der Waals surface area (Å²) in [4.78, 5) is 16.0. The van der Waals surface area contributed by atoms with Crippen LogP contribution >= 0.6 is 11.6 Å². The molecule has 0 amide bonds. The van der Waals surface area contributed by atoms with Crippen molar-refractivity contribution in [3.63, 3.8) is 0 Å². The van der Waals surface area contributed by atoms with Crippen LogP contribution in [0.2, 0.25) is 5.02 Å². The number of carbonyl (C=O) groups excluding carboxylic acids is 1. The lowest BCUT2D eigenvalue weighted by molar-refractivity contribution is -0.338. The largest absolute Gasteiger partial charge is 0.431 e. The molecule has 37 heavy (non-hydrogen) atoms. The summed E-state index contributed by atoms with van der Waals surface area (Å²) in [6.07, 6.45) is -11.8. The number of nitrogens with zero attached hydrogens (tertiary/aromatic N) is 3. The number of anilines is 1. The maximum absolute atomic E-state index is 13.6. The Hall–Kier alpha value is -3.44. The summed E-state index contributed by atoms with van der Waals surface area (Å²) in [5, 5.41) is 14.5. The zero-order valence-electron chi connectivity index (χ0n) is 19.0. The highest BCUT2D eigenvalue weighted by molar-refractivity contribution is 6.33. The lowest BCUT2D eigenvalue weighted by Gasteiger charge is -2.32. The molecular formula is C25H18ClF6N3O2. The number of Topliss-reactive ketones (excluding diaryl/α,β-unsaturated/α-hetero) is 1. The quantitative estimate of drug-likeness (QED) is 0.286. The maximum Gasteiger partial charge on any atom is 0.431 e. The number of ketones is 1. The van der Waals surface area contributed by atoms with Gasteiger partial charge in [0.1, 0.15) is 0 Å². The lowest BCUT2D eigenvalue weighted by atomic mass is 9.90. The SMILES string of the molecule is CC(=O)c1cccc(-c2ccc(C3CC(C(O)(C(F)(F)F)C(F)(F)F)=NN3c3ccccc3Cl)cn2)c1. The van der Waals surface area contributed by atoms with Crippen molar-refractivity contribution < 1.29 is 36.2 Å². The highest BCUT2D eigenvalue weighted by Gasteiger charge is 2.74. The predicted octanol–water partition coefficient (Wildman–Crippen LogP) is 6.77. The number of para-hydroxylation sites is 1. The zero-order valence-corrected chi connectivity index (χ0v) is 19.7. The smallest absolute Gasteiger partial charge is 0.369 e. The van der Waals surface area contributed by atoms with Gasteiger partial charge in [-0.1, -0.05) is 48.0 Å². The summed E-state index contributed by atoms with van der Waals surface area (Å²) in [6, 6.07) is 14.3. The monoisotopic (exact) mass is 541 g/mol. The van der Waals surface area contributed by atoms with Gasteiger partial charge < -0.3 is 5.11 Å². The fourth-order valence-electron chi connectivity index (χ4n) is 4.01. The van der Waals surface area contributed by atoms with Crippen LogP contribution in [-0.4, -0.2) is 39.5 Å². The molecule has 2 heterocycles.